The zero-order chi connectivity index (χ0) is 10.1. The molecule has 0 radical (unpaired) electrons. The van der Waals surface area contributed by atoms with Crippen LogP contribution in [0.2, 0.25) is 0 Å². The van der Waals surface area contributed by atoms with Gasteiger partial charge in [-0.15, -0.1) is 5.10 Å². The minimum absolute atomic E-state index is 0.486. The molecule has 14 heavy (non-hydrogen) atoms. The number of nitrogens with two attached hydrogens (primary N) is 1. The number of aryl methyl sites for hydroxylation is 1. The topological polar surface area (TPSA) is 56.7 Å². The molecular weight excluding hydrogens is 244 g/mol. The van der Waals surface area contributed by atoms with Gasteiger partial charge in [0.25, 0.3) is 0 Å². The number of pyridine rings is 1. The van der Waals surface area contributed by atoms with Crippen molar-refractivity contribution < 1.29 is 0 Å². The molecule has 72 valence electrons. The Morgan fingerprint density at radius 1 is 1.43 bits per heavy atom. The van der Waals surface area contributed by atoms with Gasteiger partial charge in [-0.05, 0) is 34.5 Å². The molecule has 5 heteroatoms. The summed E-state index contributed by atoms with van der Waals surface area (Å²) in [6.45, 7) is 2.00. The van der Waals surface area contributed by atoms with Gasteiger partial charge in [0.2, 0.25) is 0 Å². The molecule has 0 unspecified atom stereocenters. The number of aromatic nitrogens is 3. The van der Waals surface area contributed by atoms with Crippen LogP contribution in [0.15, 0.2) is 29.0 Å². The fourth-order valence-electron chi connectivity index (χ4n) is 1.14. The van der Waals surface area contributed by atoms with Crippen LogP contribution in [0.4, 0.5) is 5.82 Å². The second kappa shape index (κ2) is 3.42. The number of anilines is 1. The number of hydrogen-bond donors (Lipinski definition) is 1. The van der Waals surface area contributed by atoms with Crippen molar-refractivity contribution in [3.8, 4) is 5.82 Å². The standard InChI is InChI=1S/C9H9BrN4/c1-6-2-4-12-9(8(6)10)14-5-3-7(11)13-14/h2-5H,1H3,(H2,11,13). The molecule has 0 aliphatic heterocycles. The molecule has 0 atom stereocenters. The van der Waals surface area contributed by atoms with Crippen molar-refractivity contribution in [1.29, 1.82) is 0 Å². The number of hydrogen-bond acceptors (Lipinski definition) is 3. The van der Waals surface area contributed by atoms with Crippen LogP contribution in [0.5, 0.6) is 0 Å². The van der Waals surface area contributed by atoms with Gasteiger partial charge in [-0.3, -0.25) is 0 Å². The van der Waals surface area contributed by atoms with Gasteiger partial charge in [0.1, 0.15) is 5.82 Å². The van der Waals surface area contributed by atoms with E-state index in [0.717, 1.165) is 15.9 Å². The maximum absolute atomic E-state index is 5.53. The van der Waals surface area contributed by atoms with Gasteiger partial charge < -0.3 is 5.73 Å². The SMILES string of the molecule is Cc1ccnc(-n2ccc(N)n2)c1Br. The van der Waals surface area contributed by atoms with E-state index in [9.17, 15) is 0 Å². The van der Waals surface area contributed by atoms with Crippen molar-refractivity contribution in [2.24, 2.45) is 0 Å². The third-order valence-corrected chi connectivity index (χ3v) is 2.87. The van der Waals surface area contributed by atoms with Gasteiger partial charge in [-0.1, -0.05) is 0 Å². The number of halogens is 1. The molecule has 2 aromatic heterocycles. The Morgan fingerprint density at radius 2 is 2.21 bits per heavy atom. The molecule has 0 aliphatic rings. The Labute approximate surface area is 89.9 Å². The highest BCUT2D eigenvalue weighted by atomic mass is 79.9. The molecule has 0 aliphatic carbocycles. The minimum atomic E-state index is 0.486. The summed E-state index contributed by atoms with van der Waals surface area (Å²) in [4.78, 5) is 4.22. The van der Waals surface area contributed by atoms with Gasteiger partial charge in [-0.25, -0.2) is 9.67 Å². The molecule has 2 aromatic rings. The largest absolute Gasteiger partial charge is 0.382 e. The van der Waals surface area contributed by atoms with Gasteiger partial charge >= 0.3 is 0 Å². The van der Waals surface area contributed by atoms with Crippen molar-refractivity contribution in [3.63, 3.8) is 0 Å². The van der Waals surface area contributed by atoms with Crippen molar-refractivity contribution in [2.45, 2.75) is 6.92 Å². The summed E-state index contributed by atoms with van der Waals surface area (Å²) in [5, 5.41) is 4.08. The van der Waals surface area contributed by atoms with E-state index in [4.69, 9.17) is 5.73 Å². The highest BCUT2D eigenvalue weighted by Crippen LogP contribution is 2.21. The summed E-state index contributed by atoms with van der Waals surface area (Å²) in [5.41, 5.74) is 6.64. The Balaban J connectivity index is 2.57. The van der Waals surface area contributed by atoms with E-state index in [0.29, 0.717) is 5.82 Å². The second-order valence-corrected chi connectivity index (χ2v) is 3.74. The number of nitrogen functional groups attached to an aromatic ring is 1. The summed E-state index contributed by atoms with van der Waals surface area (Å²) in [5.74, 6) is 1.24. The van der Waals surface area contributed by atoms with E-state index in [-0.39, 0.29) is 0 Å². The van der Waals surface area contributed by atoms with Crippen LogP contribution in [0.25, 0.3) is 5.82 Å². The Kier molecular flexibility index (Phi) is 2.25. The summed E-state index contributed by atoms with van der Waals surface area (Å²) in [7, 11) is 0. The highest BCUT2D eigenvalue weighted by molar-refractivity contribution is 9.10. The van der Waals surface area contributed by atoms with Crippen molar-refractivity contribution in [1.82, 2.24) is 14.8 Å². The molecule has 0 bridgehead atoms. The zero-order valence-electron chi connectivity index (χ0n) is 7.61. The lowest BCUT2D eigenvalue weighted by molar-refractivity contribution is 0.844. The normalized spacial score (nSPS) is 10.4. The van der Waals surface area contributed by atoms with Crippen LogP contribution in [0, 0.1) is 6.92 Å². The quantitative estimate of drug-likeness (QED) is 0.844. The molecule has 0 amide bonds. The smallest absolute Gasteiger partial charge is 0.167 e. The first-order chi connectivity index (χ1) is 6.68. The van der Waals surface area contributed by atoms with E-state index in [2.05, 4.69) is 26.0 Å². The van der Waals surface area contributed by atoms with E-state index in [1.165, 1.54) is 0 Å². The molecule has 0 spiro atoms. The first-order valence-corrected chi connectivity index (χ1v) is 4.90. The van der Waals surface area contributed by atoms with Gasteiger partial charge in [0, 0.05) is 18.5 Å². The van der Waals surface area contributed by atoms with Crippen molar-refractivity contribution in [3.05, 3.63) is 34.6 Å². The van der Waals surface area contributed by atoms with Crippen molar-refractivity contribution >= 4 is 21.7 Å². The molecule has 0 saturated heterocycles. The van der Waals surface area contributed by atoms with Crippen LogP contribution >= 0.6 is 15.9 Å². The lowest BCUT2D eigenvalue weighted by Crippen LogP contribution is -2.01. The first kappa shape index (κ1) is 9.21. The Morgan fingerprint density at radius 3 is 2.86 bits per heavy atom. The summed E-state index contributed by atoms with van der Waals surface area (Å²) < 4.78 is 2.58. The zero-order valence-corrected chi connectivity index (χ0v) is 9.19. The maximum Gasteiger partial charge on any atom is 0.167 e. The van der Waals surface area contributed by atoms with E-state index in [1.54, 1.807) is 23.1 Å². The van der Waals surface area contributed by atoms with E-state index in [1.807, 2.05) is 13.0 Å². The summed E-state index contributed by atoms with van der Waals surface area (Å²) in [6, 6.07) is 3.66. The fraction of sp³-hybridized carbons (Fsp3) is 0.111. The average Bonchev–Trinajstić information content (AvgIpc) is 2.57. The summed E-state index contributed by atoms with van der Waals surface area (Å²) >= 11 is 3.46. The minimum Gasteiger partial charge on any atom is -0.382 e. The molecule has 2 N–H and O–H groups in total. The molecule has 2 heterocycles. The molecule has 0 aromatic carbocycles. The van der Waals surface area contributed by atoms with Crippen LogP contribution in [0.1, 0.15) is 5.56 Å². The van der Waals surface area contributed by atoms with Crippen LogP contribution in [0.3, 0.4) is 0 Å². The summed E-state index contributed by atoms with van der Waals surface area (Å²) in [6.07, 6.45) is 3.52. The Hall–Kier alpha value is -1.36. The van der Waals surface area contributed by atoms with E-state index < -0.39 is 0 Å². The average molecular weight is 253 g/mol. The second-order valence-electron chi connectivity index (χ2n) is 2.95. The molecule has 0 fully saturated rings. The van der Waals surface area contributed by atoms with Crippen LogP contribution < -0.4 is 5.73 Å². The predicted octanol–water partition coefficient (Wildman–Crippen LogP) is 1.92. The molecule has 2 rings (SSSR count). The predicted molar refractivity (Wildman–Crippen MR) is 58.2 cm³/mol. The third kappa shape index (κ3) is 1.50. The van der Waals surface area contributed by atoms with E-state index >= 15 is 0 Å². The lowest BCUT2D eigenvalue weighted by Gasteiger charge is -2.04. The number of rotatable bonds is 1. The maximum atomic E-state index is 5.53. The van der Waals surface area contributed by atoms with Crippen LogP contribution in [-0.2, 0) is 0 Å². The number of nitrogens with zero attached hydrogens (tertiary/aromatic N) is 3. The molecular formula is C9H9BrN4. The highest BCUT2D eigenvalue weighted by Gasteiger charge is 2.06. The lowest BCUT2D eigenvalue weighted by atomic mass is 10.3. The fourth-order valence-corrected chi connectivity index (χ4v) is 1.56. The van der Waals surface area contributed by atoms with Crippen LogP contribution in [-0.4, -0.2) is 14.8 Å². The molecule has 0 saturated carbocycles. The first-order valence-electron chi connectivity index (χ1n) is 4.11. The monoisotopic (exact) mass is 252 g/mol. The Bertz CT molecular complexity index is 464. The van der Waals surface area contributed by atoms with Gasteiger partial charge in [0.15, 0.2) is 5.82 Å². The third-order valence-electron chi connectivity index (χ3n) is 1.89. The van der Waals surface area contributed by atoms with Gasteiger partial charge in [0.05, 0.1) is 4.47 Å². The van der Waals surface area contributed by atoms with Crippen molar-refractivity contribution in [2.75, 3.05) is 5.73 Å². The van der Waals surface area contributed by atoms with Gasteiger partial charge in [-0.2, -0.15) is 0 Å². The molecule has 4 nitrogen and oxygen atoms in total.